The van der Waals surface area contributed by atoms with Gasteiger partial charge < -0.3 is 20.4 Å². The van der Waals surface area contributed by atoms with Crippen LogP contribution in [0.1, 0.15) is 12.0 Å². The van der Waals surface area contributed by atoms with E-state index in [4.69, 9.17) is 0 Å². The lowest BCUT2D eigenvalue weighted by Gasteiger charge is -2.19. The van der Waals surface area contributed by atoms with E-state index < -0.39 is 9.84 Å². The van der Waals surface area contributed by atoms with Gasteiger partial charge in [0.15, 0.2) is 9.84 Å². The molecule has 0 aromatic heterocycles. The lowest BCUT2D eigenvalue weighted by molar-refractivity contribution is -0.122. The molecule has 0 aliphatic carbocycles. The van der Waals surface area contributed by atoms with Gasteiger partial charge in [0.1, 0.15) is 6.54 Å². The van der Waals surface area contributed by atoms with E-state index in [9.17, 15) is 18.0 Å². The Morgan fingerprint density at radius 2 is 1.81 bits per heavy atom. The van der Waals surface area contributed by atoms with Gasteiger partial charge in [-0.15, -0.1) is 0 Å². The van der Waals surface area contributed by atoms with Crippen molar-refractivity contribution in [1.82, 2.24) is 15.5 Å². The number of nitrogens with one attached hydrogen (secondary N) is 2. The van der Waals surface area contributed by atoms with Crippen molar-refractivity contribution in [3.8, 4) is 0 Å². The molecule has 9 heteroatoms. The van der Waals surface area contributed by atoms with Crippen LogP contribution >= 0.6 is 0 Å². The van der Waals surface area contributed by atoms with Gasteiger partial charge in [-0.2, -0.15) is 0 Å². The summed E-state index contributed by atoms with van der Waals surface area (Å²) in [4.78, 5) is 27.3. The standard InChI is InChI=1S/C17H26N4O4S/c1-20(2)15-6-4-13(5-7-15)10-18-17(23)21(3)11-16(22)19-14-8-9-26(24,25)12-14/h4-7,14H,8-12H2,1-3H3,(H,18,23)(H,19,22)/t14-/m1/s1. The Hall–Kier alpha value is -2.29. The van der Waals surface area contributed by atoms with Crippen molar-refractivity contribution < 1.29 is 18.0 Å². The molecule has 3 amide bonds. The largest absolute Gasteiger partial charge is 0.378 e. The van der Waals surface area contributed by atoms with Gasteiger partial charge >= 0.3 is 6.03 Å². The third-order valence-electron chi connectivity index (χ3n) is 4.22. The molecule has 1 aromatic rings. The zero-order valence-electron chi connectivity index (χ0n) is 15.4. The topological polar surface area (TPSA) is 98.8 Å². The second kappa shape index (κ2) is 8.39. The third kappa shape index (κ3) is 5.91. The maximum atomic E-state index is 12.1. The second-order valence-corrected chi connectivity index (χ2v) is 8.97. The van der Waals surface area contributed by atoms with Gasteiger partial charge in [-0.3, -0.25) is 4.79 Å². The van der Waals surface area contributed by atoms with Crippen LogP contribution in [0.15, 0.2) is 24.3 Å². The molecular weight excluding hydrogens is 356 g/mol. The van der Waals surface area contributed by atoms with Crippen molar-refractivity contribution in [3.63, 3.8) is 0 Å². The van der Waals surface area contributed by atoms with Crippen LogP contribution in [0.5, 0.6) is 0 Å². The number of nitrogens with zero attached hydrogens (tertiary/aromatic N) is 2. The maximum absolute atomic E-state index is 12.1. The van der Waals surface area contributed by atoms with Crippen molar-refractivity contribution in [2.45, 2.75) is 19.0 Å². The molecule has 8 nitrogen and oxygen atoms in total. The van der Waals surface area contributed by atoms with Gasteiger partial charge in [0, 0.05) is 39.4 Å². The summed E-state index contributed by atoms with van der Waals surface area (Å²) < 4.78 is 22.8. The summed E-state index contributed by atoms with van der Waals surface area (Å²) in [5, 5.41) is 5.42. The van der Waals surface area contributed by atoms with Crippen LogP contribution in [0.4, 0.5) is 10.5 Å². The zero-order chi connectivity index (χ0) is 19.3. The van der Waals surface area contributed by atoms with Crippen LogP contribution in [0.25, 0.3) is 0 Å². The highest BCUT2D eigenvalue weighted by Gasteiger charge is 2.29. The molecule has 1 heterocycles. The molecule has 0 saturated carbocycles. The summed E-state index contributed by atoms with van der Waals surface area (Å²) in [6.45, 7) is 0.237. The van der Waals surface area contributed by atoms with E-state index in [-0.39, 0.29) is 36.0 Å². The van der Waals surface area contributed by atoms with Crippen LogP contribution in [-0.4, -0.2) is 70.5 Å². The van der Waals surface area contributed by atoms with Crippen LogP contribution < -0.4 is 15.5 Å². The van der Waals surface area contributed by atoms with Crippen LogP contribution in [0.3, 0.4) is 0 Å². The fourth-order valence-electron chi connectivity index (χ4n) is 2.69. The van der Waals surface area contributed by atoms with Crippen LogP contribution in [0, 0.1) is 0 Å². The van der Waals surface area contributed by atoms with Crippen LogP contribution in [-0.2, 0) is 21.2 Å². The quantitative estimate of drug-likeness (QED) is 0.732. The lowest BCUT2D eigenvalue weighted by Crippen LogP contribution is -2.45. The van der Waals surface area contributed by atoms with Gasteiger partial charge in [-0.25, -0.2) is 13.2 Å². The Bertz CT molecular complexity index is 747. The van der Waals surface area contributed by atoms with Gasteiger partial charge in [0.05, 0.1) is 11.5 Å². The second-order valence-electron chi connectivity index (χ2n) is 6.74. The fourth-order valence-corrected chi connectivity index (χ4v) is 4.37. The first kappa shape index (κ1) is 20.0. The molecule has 1 aromatic carbocycles. The Kier molecular flexibility index (Phi) is 6.47. The van der Waals surface area contributed by atoms with E-state index in [0.29, 0.717) is 13.0 Å². The summed E-state index contributed by atoms with van der Waals surface area (Å²) in [7, 11) is 2.39. The third-order valence-corrected chi connectivity index (χ3v) is 5.99. The number of hydrogen-bond donors (Lipinski definition) is 2. The van der Waals surface area contributed by atoms with Crippen molar-refractivity contribution in [2.75, 3.05) is 44.1 Å². The van der Waals surface area contributed by atoms with E-state index in [1.54, 1.807) is 0 Å². The molecule has 1 fully saturated rings. The Morgan fingerprint density at radius 3 is 2.35 bits per heavy atom. The maximum Gasteiger partial charge on any atom is 0.317 e. The predicted octanol–water partition coefficient (Wildman–Crippen LogP) is 0.197. The zero-order valence-corrected chi connectivity index (χ0v) is 16.2. The SMILES string of the molecule is CN(CC(=O)N[C@@H]1CCS(=O)(=O)C1)C(=O)NCc1ccc(N(C)C)cc1. The summed E-state index contributed by atoms with van der Waals surface area (Å²) in [5.41, 5.74) is 2.03. The first-order valence-corrected chi connectivity index (χ1v) is 10.2. The molecule has 1 saturated heterocycles. The van der Waals surface area contributed by atoms with Gasteiger partial charge in [-0.1, -0.05) is 12.1 Å². The monoisotopic (exact) mass is 382 g/mol. The molecule has 1 atom stereocenters. The average molecular weight is 382 g/mol. The number of carbonyl (C=O) groups excluding carboxylic acids is 2. The van der Waals surface area contributed by atoms with Crippen molar-refractivity contribution in [1.29, 1.82) is 0 Å². The Morgan fingerprint density at radius 1 is 1.15 bits per heavy atom. The predicted molar refractivity (Wildman–Crippen MR) is 101 cm³/mol. The Labute approximate surface area is 154 Å². The van der Waals surface area contributed by atoms with E-state index in [2.05, 4.69) is 10.6 Å². The molecule has 144 valence electrons. The summed E-state index contributed by atoms with van der Waals surface area (Å²) >= 11 is 0. The normalized spacial score (nSPS) is 18.2. The first-order chi connectivity index (χ1) is 12.2. The van der Waals surface area contributed by atoms with Crippen molar-refractivity contribution in [2.24, 2.45) is 0 Å². The number of likely N-dealkylation sites (N-methyl/N-ethyl adjacent to an activating group) is 1. The molecule has 0 radical (unpaired) electrons. The number of carbonyl (C=O) groups is 2. The number of hydrogen-bond acceptors (Lipinski definition) is 5. The Balaban J connectivity index is 1.75. The molecule has 1 aliphatic rings. The molecule has 0 spiro atoms. The van der Waals surface area contributed by atoms with E-state index in [0.717, 1.165) is 11.3 Å². The minimum atomic E-state index is -3.04. The number of anilines is 1. The smallest absolute Gasteiger partial charge is 0.317 e. The van der Waals surface area contributed by atoms with Crippen LogP contribution in [0.2, 0.25) is 0 Å². The highest BCUT2D eigenvalue weighted by Crippen LogP contribution is 2.12. The minimum absolute atomic E-state index is 0.0302. The summed E-state index contributed by atoms with van der Waals surface area (Å²) in [5.74, 6) is -0.293. The van der Waals surface area contributed by atoms with Crippen molar-refractivity contribution >= 4 is 27.5 Å². The highest BCUT2D eigenvalue weighted by atomic mass is 32.2. The average Bonchev–Trinajstić information content (AvgIpc) is 2.91. The van der Waals surface area contributed by atoms with Gasteiger partial charge in [0.25, 0.3) is 0 Å². The summed E-state index contributed by atoms with van der Waals surface area (Å²) in [6, 6.07) is 7.07. The molecule has 26 heavy (non-hydrogen) atoms. The molecular formula is C17H26N4O4S. The minimum Gasteiger partial charge on any atom is -0.378 e. The van der Waals surface area contributed by atoms with Gasteiger partial charge in [0.2, 0.25) is 5.91 Å². The first-order valence-electron chi connectivity index (χ1n) is 8.41. The highest BCUT2D eigenvalue weighted by molar-refractivity contribution is 7.91. The number of sulfone groups is 1. The molecule has 0 bridgehead atoms. The lowest BCUT2D eigenvalue weighted by atomic mass is 10.2. The van der Waals surface area contributed by atoms with E-state index in [1.165, 1.54) is 11.9 Å². The fraction of sp³-hybridized carbons (Fsp3) is 0.529. The van der Waals surface area contributed by atoms with E-state index >= 15 is 0 Å². The van der Waals surface area contributed by atoms with E-state index in [1.807, 2.05) is 43.3 Å². The number of benzene rings is 1. The molecule has 0 unspecified atom stereocenters. The number of amides is 3. The number of rotatable bonds is 6. The molecule has 1 aliphatic heterocycles. The molecule has 2 N–H and O–H groups in total. The number of urea groups is 1. The summed E-state index contributed by atoms with van der Waals surface area (Å²) in [6.07, 6.45) is 0.424. The molecule has 2 rings (SSSR count). The van der Waals surface area contributed by atoms with Gasteiger partial charge in [-0.05, 0) is 24.1 Å². The van der Waals surface area contributed by atoms with Crippen molar-refractivity contribution in [3.05, 3.63) is 29.8 Å².